The van der Waals surface area contributed by atoms with Gasteiger partial charge in [-0.3, -0.25) is 4.79 Å². The van der Waals surface area contributed by atoms with Crippen molar-refractivity contribution in [1.29, 1.82) is 0 Å². The van der Waals surface area contributed by atoms with E-state index in [9.17, 15) is 45.6 Å². The number of nitrogens with two attached hydrogens (primary N) is 4. The molecular weight excluding hydrogens is 858 g/mol. The second-order valence-corrected chi connectivity index (χ2v) is 14.4. The van der Waals surface area contributed by atoms with E-state index in [1.165, 1.54) is 20.0 Å². The molecule has 3 aliphatic rings. The molecule has 1 amide bonds. The molecule has 3 fully saturated rings. The minimum Gasteiger partial charge on any atom is -0.505 e. The van der Waals surface area contributed by atoms with Crippen molar-refractivity contribution in [1.82, 2.24) is 5.32 Å². The number of aromatic hydroxyl groups is 1. The van der Waals surface area contributed by atoms with Crippen LogP contribution in [0.25, 0.3) is 0 Å². The SMILES string of the molecule is CN[C@@H]1[C@H](O[C@H]2[C@H](O[C@H]3[C@H](O)[C@@H](O)[C@H](N=C(N)N)[C@@H](O)[C@@H]3N=C(N)N)O[C@@H](C)[C@]2(O)/C=N/OCC(=O)Nc2cc(Br)cc(Br)c2O)O[C@@H](CO)[C@H](O)[C@H]1O. The lowest BCUT2D eigenvalue weighted by Gasteiger charge is -2.45. The number of aliphatic hydroxyl groups excluding tert-OH is 6. The molecular formula is C29H45Br2N9O14. The van der Waals surface area contributed by atoms with Crippen LogP contribution < -0.4 is 33.6 Å². The maximum Gasteiger partial charge on any atom is 0.265 e. The van der Waals surface area contributed by atoms with Gasteiger partial charge in [0.1, 0.15) is 60.9 Å². The van der Waals surface area contributed by atoms with Crippen LogP contribution in [0.5, 0.6) is 5.75 Å². The Bertz CT molecular complexity index is 1560. The van der Waals surface area contributed by atoms with Crippen molar-refractivity contribution in [2.45, 2.75) is 98.2 Å². The summed E-state index contributed by atoms with van der Waals surface area (Å²) < 4.78 is 24.7. The van der Waals surface area contributed by atoms with Crippen molar-refractivity contribution in [3.63, 3.8) is 0 Å². The molecule has 2 heterocycles. The van der Waals surface area contributed by atoms with Crippen molar-refractivity contribution in [3.8, 4) is 5.75 Å². The zero-order valence-electron chi connectivity index (χ0n) is 28.7. The average Bonchev–Trinajstić information content (AvgIpc) is 3.33. The van der Waals surface area contributed by atoms with Crippen LogP contribution in [-0.4, -0.2) is 176 Å². The Hall–Kier alpha value is -3.02. The summed E-state index contributed by atoms with van der Waals surface area (Å²) in [7, 11) is 1.41. The number of benzene rings is 1. The Morgan fingerprint density at radius 3 is 2.20 bits per heavy atom. The standard InChI is InChI=1S/C29H45Br2N9O14/c1-8-29(49,7-37-50-6-13(42)38-11-4-9(30)3-10(31)17(11)43)24(54-25-16(36-2)21(47)18(44)12(5-41)52-25)26(51-8)53-23-15(40-28(34)35)19(45)14(39-27(32)33)20(46)22(23)48/h3-4,7-8,12,14-16,18-26,36,41,43-49H,5-6H2,1-2H3,(H,38,42)(H4,32,33,39)(H4,34,35,40)/b37-7+/t8-,12-,14+,15-,16-,18-,19+,20-,21-,22+,23+,24-,25-,26-,29+/m0/s1. The number of halogens is 2. The molecule has 2 saturated heterocycles. The molecule has 2 aliphatic heterocycles. The van der Waals surface area contributed by atoms with Crippen molar-refractivity contribution < 1.29 is 69.4 Å². The van der Waals surface area contributed by atoms with Gasteiger partial charge in [-0.15, -0.1) is 0 Å². The molecule has 0 bridgehead atoms. The van der Waals surface area contributed by atoms with Gasteiger partial charge in [0.15, 0.2) is 42.5 Å². The number of nitrogens with zero attached hydrogens (tertiary/aromatic N) is 3. The van der Waals surface area contributed by atoms with Crippen LogP contribution in [0.1, 0.15) is 6.92 Å². The molecule has 0 radical (unpaired) electrons. The molecule has 1 aromatic carbocycles. The predicted octanol–water partition coefficient (Wildman–Crippen LogP) is -5.49. The van der Waals surface area contributed by atoms with Gasteiger partial charge in [0.25, 0.3) is 5.91 Å². The van der Waals surface area contributed by atoms with E-state index in [2.05, 4.69) is 57.6 Å². The number of hydrogen-bond acceptors (Lipinski definition) is 18. The Morgan fingerprint density at radius 1 is 0.944 bits per heavy atom. The number of ether oxygens (including phenoxy) is 4. The Kier molecular flexibility index (Phi) is 14.8. The summed E-state index contributed by atoms with van der Waals surface area (Å²) >= 11 is 6.41. The third-order valence-corrected chi connectivity index (χ3v) is 10.0. The van der Waals surface area contributed by atoms with E-state index in [0.29, 0.717) is 8.95 Å². The number of aliphatic hydroxyl groups is 7. The van der Waals surface area contributed by atoms with Gasteiger partial charge in [-0.1, -0.05) is 21.1 Å². The normalized spacial score (nSPS) is 38.2. The highest BCUT2D eigenvalue weighted by atomic mass is 79.9. The zero-order valence-corrected chi connectivity index (χ0v) is 31.8. The first-order valence-corrected chi connectivity index (χ1v) is 17.8. The Balaban J connectivity index is 1.65. The van der Waals surface area contributed by atoms with E-state index in [1.54, 1.807) is 6.07 Å². The molecule has 1 aliphatic carbocycles. The van der Waals surface area contributed by atoms with Crippen LogP contribution in [0.2, 0.25) is 0 Å². The fourth-order valence-electron chi connectivity index (χ4n) is 6.16. The molecule has 23 nitrogen and oxygen atoms in total. The molecule has 15 atom stereocenters. The summed E-state index contributed by atoms with van der Waals surface area (Å²) in [6, 6.07) is -1.26. The number of amides is 1. The lowest BCUT2D eigenvalue weighted by Crippen LogP contribution is -2.66. The first-order valence-electron chi connectivity index (χ1n) is 16.2. The third kappa shape index (κ3) is 9.49. The van der Waals surface area contributed by atoms with Crippen LogP contribution in [0.4, 0.5) is 5.69 Å². The predicted molar refractivity (Wildman–Crippen MR) is 193 cm³/mol. The number of likely N-dealkylation sites (N-methyl/N-ethyl adjacent to an activating group) is 1. The van der Waals surface area contributed by atoms with Crippen molar-refractivity contribution in [2.75, 3.05) is 25.6 Å². The van der Waals surface area contributed by atoms with Gasteiger partial charge in [0.05, 0.1) is 35.1 Å². The zero-order chi connectivity index (χ0) is 40.2. The molecule has 0 aromatic heterocycles. The van der Waals surface area contributed by atoms with Gasteiger partial charge in [0.2, 0.25) is 0 Å². The van der Waals surface area contributed by atoms with Gasteiger partial charge in [-0.05, 0) is 42.0 Å². The number of carbonyl (C=O) groups excluding carboxylic acids is 1. The van der Waals surface area contributed by atoms with Crippen molar-refractivity contribution >= 4 is 61.6 Å². The molecule has 54 heavy (non-hydrogen) atoms. The molecule has 18 N–H and O–H groups in total. The number of carbonyl (C=O) groups is 1. The molecule has 0 unspecified atom stereocenters. The highest BCUT2D eigenvalue weighted by Crippen LogP contribution is 2.39. The number of anilines is 1. The second-order valence-electron chi connectivity index (χ2n) is 12.6. The van der Waals surface area contributed by atoms with E-state index in [-0.39, 0.29) is 11.4 Å². The van der Waals surface area contributed by atoms with Gasteiger partial charge >= 0.3 is 0 Å². The lowest BCUT2D eigenvalue weighted by atomic mass is 9.81. The number of guanidine groups is 2. The minimum absolute atomic E-state index is 0.0440. The number of hydrogen-bond donors (Lipinski definition) is 14. The van der Waals surface area contributed by atoms with Crippen molar-refractivity contribution in [2.24, 2.45) is 38.1 Å². The maximum absolute atomic E-state index is 12.6. The van der Waals surface area contributed by atoms with Crippen LogP contribution in [0, 0.1) is 0 Å². The average molecular weight is 904 g/mol. The van der Waals surface area contributed by atoms with Crippen LogP contribution in [-0.2, 0) is 28.6 Å². The van der Waals surface area contributed by atoms with E-state index in [1.807, 2.05) is 0 Å². The van der Waals surface area contributed by atoms with Crippen molar-refractivity contribution in [3.05, 3.63) is 21.1 Å². The molecule has 1 saturated carbocycles. The van der Waals surface area contributed by atoms with E-state index >= 15 is 0 Å². The summed E-state index contributed by atoms with van der Waals surface area (Å²) in [5.74, 6) is -2.10. The smallest absolute Gasteiger partial charge is 0.265 e. The number of rotatable bonds is 13. The number of nitrogens with one attached hydrogen (secondary N) is 2. The summed E-state index contributed by atoms with van der Waals surface area (Å²) in [5, 5.41) is 95.5. The summed E-state index contributed by atoms with van der Waals surface area (Å²) in [5.41, 5.74) is 19.8. The van der Waals surface area contributed by atoms with Gasteiger partial charge in [0, 0.05) is 4.47 Å². The Morgan fingerprint density at radius 2 is 1.59 bits per heavy atom. The molecule has 304 valence electrons. The minimum atomic E-state index is -2.35. The molecule has 4 rings (SSSR count). The first kappa shape index (κ1) is 43.7. The highest BCUT2D eigenvalue weighted by molar-refractivity contribution is 9.11. The summed E-state index contributed by atoms with van der Waals surface area (Å²) in [6.45, 7) is -0.0978. The van der Waals surface area contributed by atoms with Crippen LogP contribution in [0.15, 0.2) is 36.2 Å². The number of oxime groups is 1. The summed E-state index contributed by atoms with van der Waals surface area (Å²) in [4.78, 5) is 25.5. The fraction of sp³-hybridized carbons (Fsp3) is 0.655. The fourth-order valence-corrected chi connectivity index (χ4v) is 7.39. The molecule has 0 spiro atoms. The maximum atomic E-state index is 12.6. The van der Waals surface area contributed by atoms with Gasteiger partial charge in [-0.25, -0.2) is 9.98 Å². The van der Waals surface area contributed by atoms with Gasteiger partial charge in [-0.2, -0.15) is 0 Å². The van der Waals surface area contributed by atoms with E-state index < -0.39 is 122 Å². The lowest BCUT2D eigenvalue weighted by molar-refractivity contribution is -0.313. The third-order valence-electron chi connectivity index (χ3n) is 8.98. The largest absolute Gasteiger partial charge is 0.505 e. The van der Waals surface area contributed by atoms with Crippen LogP contribution >= 0.6 is 31.9 Å². The van der Waals surface area contributed by atoms with Gasteiger partial charge < -0.3 is 98.2 Å². The molecule has 25 heteroatoms. The monoisotopic (exact) mass is 901 g/mol. The van der Waals surface area contributed by atoms with Crippen LogP contribution in [0.3, 0.4) is 0 Å². The second kappa shape index (κ2) is 18.3. The van der Waals surface area contributed by atoms with E-state index in [0.717, 1.165) is 6.21 Å². The first-order chi connectivity index (χ1) is 25.3. The number of phenols is 1. The number of phenolic OH excluding ortho intramolecular Hbond substituents is 1. The molecule has 1 aromatic rings. The van der Waals surface area contributed by atoms with E-state index in [4.69, 9.17) is 46.7 Å². The Labute approximate surface area is 324 Å². The quantitative estimate of drug-likeness (QED) is 0.0380. The highest BCUT2D eigenvalue weighted by Gasteiger charge is 2.60. The number of aliphatic imine (C=N–C) groups is 2. The topological polar surface area (TPSA) is 390 Å². The summed E-state index contributed by atoms with van der Waals surface area (Å²) in [6.07, 6.45) is -17.3.